The highest BCUT2D eigenvalue weighted by Gasteiger charge is 2.32. The molecule has 0 saturated heterocycles. The van der Waals surface area contributed by atoms with E-state index in [0.717, 1.165) is 0 Å². The van der Waals surface area contributed by atoms with Crippen molar-refractivity contribution >= 4 is 28.9 Å². The van der Waals surface area contributed by atoms with E-state index in [9.17, 15) is 19.7 Å². The van der Waals surface area contributed by atoms with Gasteiger partial charge in [0.15, 0.2) is 6.10 Å². The fourth-order valence-corrected chi connectivity index (χ4v) is 2.56. The number of para-hydroxylation sites is 2. The largest absolute Gasteiger partial charge is 0.479 e. The molecule has 2 amide bonds. The molecule has 1 N–H and O–H groups in total. The maximum Gasteiger partial charge on any atom is 0.271 e. The fourth-order valence-electron chi connectivity index (χ4n) is 2.56. The Morgan fingerprint density at radius 3 is 2.80 bits per heavy atom. The van der Waals surface area contributed by atoms with Crippen molar-refractivity contribution in [2.75, 3.05) is 16.8 Å². The second-order valence-electron chi connectivity index (χ2n) is 5.51. The molecular formula is C17H15N3O5. The number of hydrogen-bond acceptors (Lipinski definition) is 5. The van der Waals surface area contributed by atoms with Crippen molar-refractivity contribution in [1.29, 1.82) is 0 Å². The molecule has 8 heteroatoms. The molecule has 1 aliphatic heterocycles. The van der Waals surface area contributed by atoms with Crippen molar-refractivity contribution in [3.63, 3.8) is 0 Å². The Bertz CT molecular complexity index is 852. The van der Waals surface area contributed by atoms with Crippen LogP contribution in [0.25, 0.3) is 0 Å². The number of anilines is 2. The summed E-state index contributed by atoms with van der Waals surface area (Å²) in [6.07, 6.45) is -0.694. The van der Waals surface area contributed by atoms with Gasteiger partial charge in [-0.2, -0.15) is 0 Å². The van der Waals surface area contributed by atoms with Crippen LogP contribution in [-0.4, -0.2) is 29.4 Å². The number of carbonyl (C=O) groups is 2. The van der Waals surface area contributed by atoms with Gasteiger partial charge >= 0.3 is 0 Å². The molecule has 0 bridgehead atoms. The Hall–Kier alpha value is -3.42. The molecule has 2 aromatic rings. The molecule has 2 aromatic carbocycles. The molecule has 1 heterocycles. The first kappa shape index (κ1) is 16.4. The van der Waals surface area contributed by atoms with E-state index in [4.69, 9.17) is 4.74 Å². The third kappa shape index (κ3) is 3.42. The lowest BCUT2D eigenvalue weighted by Crippen LogP contribution is -2.47. The van der Waals surface area contributed by atoms with Crippen LogP contribution in [0.2, 0.25) is 0 Å². The summed E-state index contributed by atoms with van der Waals surface area (Å²) in [5, 5.41) is 13.4. The third-order valence-electron chi connectivity index (χ3n) is 3.72. The van der Waals surface area contributed by atoms with Gasteiger partial charge < -0.3 is 10.1 Å². The van der Waals surface area contributed by atoms with Gasteiger partial charge in [-0.15, -0.1) is 0 Å². The van der Waals surface area contributed by atoms with E-state index < -0.39 is 16.9 Å². The molecule has 0 spiro atoms. The lowest BCUT2D eigenvalue weighted by Gasteiger charge is -2.32. The summed E-state index contributed by atoms with van der Waals surface area (Å²) in [5.41, 5.74) is 0.681. The minimum Gasteiger partial charge on any atom is -0.479 e. The van der Waals surface area contributed by atoms with Gasteiger partial charge in [0.1, 0.15) is 12.3 Å². The molecule has 1 unspecified atom stereocenters. The second-order valence-corrected chi connectivity index (χ2v) is 5.51. The average molecular weight is 341 g/mol. The molecule has 25 heavy (non-hydrogen) atoms. The molecule has 8 nitrogen and oxygen atoms in total. The van der Waals surface area contributed by atoms with Gasteiger partial charge in [0.25, 0.3) is 11.6 Å². The van der Waals surface area contributed by atoms with Gasteiger partial charge in [-0.1, -0.05) is 18.2 Å². The lowest BCUT2D eigenvalue weighted by molar-refractivity contribution is -0.384. The highest BCUT2D eigenvalue weighted by atomic mass is 16.6. The van der Waals surface area contributed by atoms with Gasteiger partial charge in [0.05, 0.1) is 10.6 Å². The first-order valence-electron chi connectivity index (χ1n) is 7.57. The van der Waals surface area contributed by atoms with Crippen molar-refractivity contribution in [3.8, 4) is 5.75 Å². The highest BCUT2D eigenvalue weighted by Crippen LogP contribution is 2.33. The lowest BCUT2D eigenvalue weighted by atomic mass is 10.2. The van der Waals surface area contributed by atoms with Gasteiger partial charge in [-0.05, 0) is 25.1 Å². The number of nitro groups is 1. The monoisotopic (exact) mass is 341 g/mol. The van der Waals surface area contributed by atoms with E-state index in [1.807, 2.05) is 0 Å². The summed E-state index contributed by atoms with van der Waals surface area (Å²) in [6.45, 7) is 1.40. The van der Waals surface area contributed by atoms with E-state index in [1.54, 1.807) is 37.3 Å². The fraction of sp³-hybridized carbons (Fsp3) is 0.176. The molecule has 0 saturated carbocycles. The van der Waals surface area contributed by atoms with Crippen molar-refractivity contribution in [3.05, 3.63) is 58.6 Å². The van der Waals surface area contributed by atoms with Gasteiger partial charge in [-0.3, -0.25) is 24.6 Å². The van der Waals surface area contributed by atoms with E-state index >= 15 is 0 Å². The molecule has 0 fully saturated rings. The Labute approximate surface area is 143 Å². The standard InChI is InChI=1S/C17H15N3O5/c1-11-17(22)19(14-7-2-3-8-15(14)25-11)10-16(21)18-12-5-4-6-13(9-12)20(23)24/h2-9,11H,10H2,1H3,(H,18,21). The van der Waals surface area contributed by atoms with Crippen LogP contribution in [0.5, 0.6) is 5.75 Å². The minimum absolute atomic E-state index is 0.126. The van der Waals surface area contributed by atoms with E-state index in [1.165, 1.54) is 23.1 Å². The van der Waals surface area contributed by atoms with Crippen LogP contribution in [0.3, 0.4) is 0 Å². The van der Waals surface area contributed by atoms with E-state index in [0.29, 0.717) is 17.1 Å². The predicted molar refractivity (Wildman–Crippen MR) is 90.6 cm³/mol. The zero-order valence-corrected chi connectivity index (χ0v) is 13.3. The molecule has 0 radical (unpaired) electrons. The zero-order valence-electron chi connectivity index (χ0n) is 13.3. The number of non-ortho nitro benzene ring substituents is 1. The van der Waals surface area contributed by atoms with Crippen molar-refractivity contribution in [2.24, 2.45) is 0 Å². The molecule has 0 aliphatic carbocycles. The molecular weight excluding hydrogens is 326 g/mol. The smallest absolute Gasteiger partial charge is 0.271 e. The summed E-state index contributed by atoms with van der Waals surface area (Å²) in [5.74, 6) is -0.261. The van der Waals surface area contributed by atoms with E-state index in [2.05, 4.69) is 5.32 Å². The number of nitrogens with one attached hydrogen (secondary N) is 1. The summed E-state index contributed by atoms with van der Waals surface area (Å²) in [7, 11) is 0. The predicted octanol–water partition coefficient (Wildman–Crippen LogP) is 2.35. The van der Waals surface area contributed by atoms with Gasteiger partial charge in [0.2, 0.25) is 5.91 Å². The van der Waals surface area contributed by atoms with Crippen molar-refractivity contribution < 1.29 is 19.2 Å². The maximum absolute atomic E-state index is 12.4. The SMILES string of the molecule is CC1Oc2ccccc2N(CC(=O)Nc2cccc([N+](=O)[O-])c2)C1=O. The minimum atomic E-state index is -0.694. The van der Waals surface area contributed by atoms with Crippen molar-refractivity contribution in [2.45, 2.75) is 13.0 Å². The number of nitro benzene ring substituents is 1. The Morgan fingerprint density at radius 2 is 2.04 bits per heavy atom. The molecule has 1 atom stereocenters. The molecule has 0 aromatic heterocycles. The normalized spacial score (nSPS) is 16.0. The number of hydrogen-bond donors (Lipinski definition) is 1. The van der Waals surface area contributed by atoms with Gasteiger partial charge in [0, 0.05) is 17.8 Å². The highest BCUT2D eigenvalue weighted by molar-refractivity contribution is 6.06. The Kier molecular flexibility index (Phi) is 4.34. The maximum atomic E-state index is 12.4. The van der Waals surface area contributed by atoms with Crippen LogP contribution in [0.1, 0.15) is 6.92 Å². The average Bonchev–Trinajstić information content (AvgIpc) is 2.59. The Morgan fingerprint density at radius 1 is 1.28 bits per heavy atom. The quantitative estimate of drug-likeness (QED) is 0.679. The first-order valence-corrected chi connectivity index (χ1v) is 7.57. The molecule has 3 rings (SSSR count). The first-order chi connectivity index (χ1) is 12.0. The van der Waals surface area contributed by atoms with Crippen LogP contribution < -0.4 is 15.0 Å². The number of carbonyl (C=O) groups excluding carboxylic acids is 2. The number of ether oxygens (including phenoxy) is 1. The summed E-state index contributed by atoms with van der Waals surface area (Å²) in [4.78, 5) is 36.3. The van der Waals surface area contributed by atoms with Crippen molar-refractivity contribution in [1.82, 2.24) is 0 Å². The second kappa shape index (κ2) is 6.60. The Balaban J connectivity index is 1.77. The number of benzene rings is 2. The summed E-state index contributed by atoms with van der Waals surface area (Å²) >= 11 is 0. The van der Waals surface area contributed by atoms with E-state index in [-0.39, 0.29) is 18.1 Å². The van der Waals surface area contributed by atoms with Crippen LogP contribution in [0.4, 0.5) is 17.1 Å². The van der Waals surface area contributed by atoms with Crippen LogP contribution in [0.15, 0.2) is 48.5 Å². The number of amides is 2. The van der Waals surface area contributed by atoms with Crippen LogP contribution >= 0.6 is 0 Å². The third-order valence-corrected chi connectivity index (χ3v) is 3.72. The number of fused-ring (bicyclic) bond motifs is 1. The van der Waals surface area contributed by atoms with Gasteiger partial charge in [-0.25, -0.2) is 0 Å². The molecule has 1 aliphatic rings. The summed E-state index contributed by atoms with van der Waals surface area (Å²) < 4.78 is 5.52. The topological polar surface area (TPSA) is 102 Å². The number of nitrogens with zero attached hydrogens (tertiary/aromatic N) is 2. The van der Waals surface area contributed by atoms with Crippen LogP contribution in [0, 0.1) is 10.1 Å². The summed E-state index contributed by atoms with van der Waals surface area (Å²) in [6, 6.07) is 12.6. The molecule has 128 valence electrons. The zero-order chi connectivity index (χ0) is 18.0. The van der Waals surface area contributed by atoms with Crippen LogP contribution in [-0.2, 0) is 9.59 Å². The number of rotatable bonds is 4.